The molecule has 10 heteroatoms. The zero-order valence-corrected chi connectivity index (χ0v) is 24.6. The van der Waals surface area contributed by atoms with E-state index in [0.29, 0.717) is 6.61 Å². The van der Waals surface area contributed by atoms with Crippen LogP contribution in [0.5, 0.6) is 0 Å². The number of rotatable bonds is 22. The summed E-state index contributed by atoms with van der Waals surface area (Å²) in [5.41, 5.74) is 0.945. The summed E-state index contributed by atoms with van der Waals surface area (Å²) in [6.45, 7) is 4.37. The molecule has 0 fully saturated rings. The van der Waals surface area contributed by atoms with Crippen molar-refractivity contribution in [3.63, 3.8) is 0 Å². The summed E-state index contributed by atoms with van der Waals surface area (Å²) in [7, 11) is -6.06. The standard InChI is InChI=1S/C18H39NO3S.C9H11O4P/c1-3-5-7-9-10-11-12-14-16-23(21,22)19-18(17-20)15-13-8-6-4-2;10-9(14(11)12)7-13-6-8-4-2-1-3-5-8/h18-20H,3-17H2,1-2H3;1-5,9-10H,6-7H2/t18-;/m1./s1. The van der Waals surface area contributed by atoms with Crippen LogP contribution in [0.4, 0.5) is 0 Å². The van der Waals surface area contributed by atoms with Crippen LogP contribution in [0, 0.1) is 0 Å². The van der Waals surface area contributed by atoms with Gasteiger partial charge in [-0.15, -0.1) is 0 Å². The van der Waals surface area contributed by atoms with Crippen molar-refractivity contribution in [2.75, 3.05) is 19.0 Å². The van der Waals surface area contributed by atoms with E-state index in [9.17, 15) is 22.7 Å². The average Bonchev–Trinajstić information content (AvgIpc) is 2.88. The van der Waals surface area contributed by atoms with Crippen LogP contribution < -0.4 is 4.72 Å². The molecule has 0 heterocycles. The Morgan fingerprint density at radius 1 is 0.865 bits per heavy atom. The minimum absolute atomic E-state index is 0.108. The number of unbranched alkanes of at least 4 members (excludes halogenated alkanes) is 10. The second kappa shape index (κ2) is 24.0. The van der Waals surface area contributed by atoms with Crippen molar-refractivity contribution in [1.29, 1.82) is 0 Å². The van der Waals surface area contributed by atoms with Gasteiger partial charge in [0.2, 0.25) is 10.0 Å². The van der Waals surface area contributed by atoms with E-state index in [-0.39, 0.29) is 25.0 Å². The molecule has 8 nitrogen and oxygen atoms in total. The van der Waals surface area contributed by atoms with Gasteiger partial charge in [0.25, 0.3) is 0 Å². The Balaban J connectivity index is 0.000000785. The Kier molecular flexibility index (Phi) is 23.3. The Morgan fingerprint density at radius 2 is 1.41 bits per heavy atom. The SMILES string of the molecule is CCCCCCCCCCS(=O)(=O)N[C@@H](CO)CCCCCC.O=P(=O)C(O)COCc1ccccc1. The van der Waals surface area contributed by atoms with E-state index in [1.807, 2.05) is 30.3 Å². The van der Waals surface area contributed by atoms with Crippen molar-refractivity contribution in [3.8, 4) is 0 Å². The molecule has 1 aromatic carbocycles. The minimum atomic E-state index is -3.25. The molecule has 0 aliphatic heterocycles. The maximum Gasteiger partial charge on any atom is 0.347 e. The number of sulfonamides is 1. The second-order valence-electron chi connectivity index (χ2n) is 9.41. The summed E-state index contributed by atoms with van der Waals surface area (Å²) in [5.74, 6) is -1.22. The van der Waals surface area contributed by atoms with Crippen LogP contribution in [-0.2, 0) is 30.5 Å². The first-order valence-electron chi connectivity index (χ1n) is 13.8. The van der Waals surface area contributed by atoms with E-state index >= 15 is 0 Å². The lowest BCUT2D eigenvalue weighted by molar-refractivity contribution is 0.0626. The van der Waals surface area contributed by atoms with Crippen molar-refractivity contribution in [2.24, 2.45) is 0 Å². The van der Waals surface area contributed by atoms with Crippen LogP contribution in [0.15, 0.2) is 30.3 Å². The fourth-order valence-electron chi connectivity index (χ4n) is 3.66. The lowest BCUT2D eigenvalue weighted by Crippen LogP contribution is -2.38. The van der Waals surface area contributed by atoms with Crippen LogP contribution in [-0.4, -0.2) is 49.5 Å². The van der Waals surface area contributed by atoms with E-state index in [0.717, 1.165) is 50.5 Å². The smallest absolute Gasteiger partial charge is 0.347 e. The molecular formula is C27H50NO7PS. The molecule has 0 amide bonds. The molecule has 1 unspecified atom stereocenters. The van der Waals surface area contributed by atoms with Gasteiger partial charge in [0.05, 0.1) is 25.6 Å². The normalized spacial score (nSPS) is 13.0. The van der Waals surface area contributed by atoms with E-state index in [1.165, 1.54) is 38.5 Å². The predicted molar refractivity (Wildman–Crippen MR) is 150 cm³/mol. The zero-order valence-electron chi connectivity index (χ0n) is 22.9. The molecule has 0 radical (unpaired) electrons. The summed E-state index contributed by atoms with van der Waals surface area (Å²) in [5, 5.41) is 18.2. The van der Waals surface area contributed by atoms with Crippen LogP contribution in [0.2, 0.25) is 0 Å². The summed E-state index contributed by atoms with van der Waals surface area (Å²) in [6, 6.07) is 9.03. The van der Waals surface area contributed by atoms with Gasteiger partial charge >= 0.3 is 7.68 Å². The molecule has 0 saturated heterocycles. The monoisotopic (exact) mass is 563 g/mol. The van der Waals surface area contributed by atoms with Gasteiger partial charge in [-0.25, -0.2) is 22.3 Å². The Morgan fingerprint density at radius 3 is 1.95 bits per heavy atom. The summed E-state index contributed by atoms with van der Waals surface area (Å²) in [6.07, 6.45) is 14.3. The first-order valence-corrected chi connectivity index (χ1v) is 16.7. The highest BCUT2D eigenvalue weighted by atomic mass is 32.2. The van der Waals surface area contributed by atoms with Crippen LogP contribution in [0.3, 0.4) is 0 Å². The molecule has 0 aliphatic rings. The number of nitrogens with one attached hydrogen (secondary N) is 1. The molecule has 216 valence electrons. The molecule has 0 bridgehead atoms. The summed E-state index contributed by atoms with van der Waals surface area (Å²) >= 11 is 0. The van der Waals surface area contributed by atoms with Crippen LogP contribution >= 0.6 is 7.68 Å². The molecule has 0 spiro atoms. The average molecular weight is 564 g/mol. The number of ether oxygens (including phenoxy) is 1. The fourth-order valence-corrected chi connectivity index (χ4v) is 5.29. The number of hydrogen-bond acceptors (Lipinski definition) is 7. The Bertz CT molecular complexity index is 811. The number of benzene rings is 1. The molecule has 1 aromatic rings. The van der Waals surface area contributed by atoms with Gasteiger partial charge in [0, 0.05) is 6.04 Å². The third kappa shape index (κ3) is 22.6. The molecule has 3 N–H and O–H groups in total. The number of hydrogen-bond donors (Lipinski definition) is 3. The second-order valence-corrected chi connectivity index (χ2v) is 12.4. The Labute approximate surface area is 225 Å². The van der Waals surface area contributed by atoms with Gasteiger partial charge in [-0.05, 0) is 18.4 Å². The van der Waals surface area contributed by atoms with Crippen molar-refractivity contribution in [1.82, 2.24) is 4.72 Å². The lowest BCUT2D eigenvalue weighted by atomic mass is 10.1. The summed E-state index contributed by atoms with van der Waals surface area (Å²) in [4.78, 5) is 0. The highest BCUT2D eigenvalue weighted by Crippen LogP contribution is 2.12. The molecule has 2 atom stereocenters. The third-order valence-electron chi connectivity index (χ3n) is 5.86. The Hall–Kier alpha value is -1.09. The molecule has 1 rings (SSSR count). The number of aliphatic hydroxyl groups excluding tert-OH is 2. The summed E-state index contributed by atoms with van der Waals surface area (Å²) < 4.78 is 52.2. The highest BCUT2D eigenvalue weighted by Gasteiger charge is 2.16. The lowest BCUT2D eigenvalue weighted by Gasteiger charge is -2.16. The van der Waals surface area contributed by atoms with E-state index in [4.69, 9.17) is 9.84 Å². The zero-order chi connectivity index (χ0) is 27.8. The topological polar surface area (TPSA) is 130 Å². The van der Waals surface area contributed by atoms with Gasteiger partial charge in [-0.3, -0.25) is 0 Å². The van der Waals surface area contributed by atoms with Crippen LogP contribution in [0.25, 0.3) is 0 Å². The van der Waals surface area contributed by atoms with Crippen molar-refractivity contribution >= 4 is 17.7 Å². The van der Waals surface area contributed by atoms with Gasteiger partial charge in [0.15, 0.2) is 5.85 Å². The molecule has 0 saturated carbocycles. The van der Waals surface area contributed by atoms with E-state index < -0.39 is 23.5 Å². The number of aliphatic hydroxyl groups is 2. The maximum atomic E-state index is 12.0. The molecule has 37 heavy (non-hydrogen) atoms. The largest absolute Gasteiger partial charge is 0.395 e. The highest BCUT2D eigenvalue weighted by molar-refractivity contribution is 7.89. The van der Waals surface area contributed by atoms with Crippen molar-refractivity contribution in [2.45, 2.75) is 116 Å². The first kappa shape index (κ1) is 35.9. The minimum Gasteiger partial charge on any atom is -0.395 e. The van der Waals surface area contributed by atoms with Gasteiger partial charge < -0.3 is 14.9 Å². The fraction of sp³-hybridized carbons (Fsp3) is 0.778. The predicted octanol–water partition coefficient (Wildman–Crippen LogP) is 6.07. The third-order valence-corrected chi connectivity index (χ3v) is 8.02. The molecule has 0 aromatic heterocycles. The quantitative estimate of drug-likeness (QED) is 0.115. The molecular weight excluding hydrogens is 513 g/mol. The van der Waals surface area contributed by atoms with Crippen molar-refractivity contribution in [3.05, 3.63) is 35.9 Å². The first-order chi connectivity index (χ1) is 17.8. The van der Waals surface area contributed by atoms with Crippen molar-refractivity contribution < 1.29 is 32.5 Å². The maximum absolute atomic E-state index is 12.0. The van der Waals surface area contributed by atoms with Crippen LogP contribution in [0.1, 0.15) is 103 Å². The van der Waals surface area contributed by atoms with Gasteiger partial charge in [-0.2, -0.15) is 0 Å². The van der Waals surface area contributed by atoms with Gasteiger partial charge in [0.1, 0.15) is 0 Å². The van der Waals surface area contributed by atoms with E-state index in [1.54, 1.807) is 0 Å². The van der Waals surface area contributed by atoms with E-state index in [2.05, 4.69) is 18.6 Å². The molecule has 0 aliphatic carbocycles. The van der Waals surface area contributed by atoms with Gasteiger partial charge in [-0.1, -0.05) is 115 Å².